The largest absolute Gasteiger partial charge is 0.490 e. The summed E-state index contributed by atoms with van der Waals surface area (Å²) in [6.07, 6.45) is -4.70. The monoisotopic (exact) mass is 334 g/mol. The Morgan fingerprint density at radius 1 is 1.43 bits per heavy atom. The molecule has 1 aliphatic heterocycles. The van der Waals surface area contributed by atoms with Crippen molar-refractivity contribution in [2.24, 2.45) is 11.8 Å². The molecule has 10 heteroatoms. The molecule has 1 fully saturated rings. The van der Waals surface area contributed by atoms with Crippen LogP contribution in [0.2, 0.25) is 0 Å². The van der Waals surface area contributed by atoms with Gasteiger partial charge >= 0.3 is 17.8 Å². The Bertz CT molecular complexity index is 635. The van der Waals surface area contributed by atoms with Crippen molar-refractivity contribution < 1.29 is 32.7 Å². The number of anilines is 1. The number of halogens is 3. The Morgan fingerprint density at radius 3 is 2.52 bits per heavy atom. The van der Waals surface area contributed by atoms with E-state index in [1.54, 1.807) is 0 Å². The number of para-hydroxylation sites is 1. The lowest BCUT2D eigenvalue weighted by molar-refractivity contribution is -0.385. The number of alkyl halides is 3. The highest BCUT2D eigenvalue weighted by molar-refractivity contribution is 5.75. The van der Waals surface area contributed by atoms with E-state index in [9.17, 15) is 28.1 Å². The molecule has 1 aliphatic rings. The number of nitrogens with zero attached hydrogens (tertiary/aromatic N) is 2. The van der Waals surface area contributed by atoms with Crippen molar-refractivity contribution in [1.82, 2.24) is 0 Å². The van der Waals surface area contributed by atoms with E-state index in [0.717, 1.165) is 4.90 Å². The van der Waals surface area contributed by atoms with Crippen LogP contribution in [0.4, 0.5) is 24.5 Å². The van der Waals surface area contributed by atoms with Crippen molar-refractivity contribution >= 4 is 17.3 Å². The number of carboxylic acids is 1. The van der Waals surface area contributed by atoms with Crippen LogP contribution in [0.5, 0.6) is 5.75 Å². The number of methoxy groups -OCH3 is 1. The van der Waals surface area contributed by atoms with Crippen molar-refractivity contribution in [3.8, 4) is 5.75 Å². The van der Waals surface area contributed by atoms with Crippen molar-refractivity contribution in [1.29, 1.82) is 0 Å². The van der Waals surface area contributed by atoms with E-state index in [4.69, 9.17) is 9.84 Å². The minimum atomic E-state index is -4.70. The first-order valence-electron chi connectivity index (χ1n) is 6.52. The fourth-order valence-electron chi connectivity index (χ4n) is 2.70. The maximum absolute atomic E-state index is 13.0. The van der Waals surface area contributed by atoms with E-state index in [1.165, 1.54) is 25.3 Å². The van der Waals surface area contributed by atoms with E-state index in [-0.39, 0.29) is 11.4 Å². The summed E-state index contributed by atoms with van der Waals surface area (Å²) in [7, 11) is 1.20. The average Bonchev–Trinajstić information content (AvgIpc) is 2.91. The highest BCUT2D eigenvalue weighted by atomic mass is 19.4. The van der Waals surface area contributed by atoms with Crippen LogP contribution in [0.15, 0.2) is 18.2 Å². The maximum Gasteiger partial charge on any atom is 0.394 e. The quantitative estimate of drug-likeness (QED) is 0.671. The summed E-state index contributed by atoms with van der Waals surface area (Å²) in [6, 6.07) is 3.99. The summed E-state index contributed by atoms with van der Waals surface area (Å²) in [6.45, 7) is -1.12. The van der Waals surface area contributed by atoms with Gasteiger partial charge in [0.1, 0.15) is 5.69 Å². The van der Waals surface area contributed by atoms with Crippen LogP contribution < -0.4 is 9.64 Å². The van der Waals surface area contributed by atoms with E-state index >= 15 is 0 Å². The molecule has 1 saturated heterocycles. The Kier molecular flexibility index (Phi) is 4.35. The third-order valence-corrected chi connectivity index (χ3v) is 3.78. The van der Waals surface area contributed by atoms with Crippen molar-refractivity contribution in [2.75, 3.05) is 25.1 Å². The number of benzene rings is 1. The molecule has 0 spiro atoms. The maximum atomic E-state index is 13.0. The molecule has 0 saturated carbocycles. The van der Waals surface area contributed by atoms with Crippen LogP contribution in [0.1, 0.15) is 0 Å². The zero-order valence-electron chi connectivity index (χ0n) is 11.9. The van der Waals surface area contributed by atoms with Gasteiger partial charge in [0.15, 0.2) is 5.75 Å². The van der Waals surface area contributed by atoms with Crippen LogP contribution in [-0.2, 0) is 4.79 Å². The molecule has 0 radical (unpaired) electrons. The number of hydrogen-bond donors (Lipinski definition) is 1. The molecule has 1 aromatic rings. The number of aliphatic carboxylic acids is 1. The topological polar surface area (TPSA) is 92.9 Å². The lowest BCUT2D eigenvalue weighted by Crippen LogP contribution is -2.33. The zero-order chi connectivity index (χ0) is 17.4. The second-order valence-corrected chi connectivity index (χ2v) is 5.08. The van der Waals surface area contributed by atoms with Crippen molar-refractivity contribution in [3.05, 3.63) is 28.3 Å². The fraction of sp³-hybridized carbons (Fsp3) is 0.462. The Morgan fingerprint density at radius 2 is 2.09 bits per heavy atom. The van der Waals surface area contributed by atoms with Gasteiger partial charge in [0.05, 0.1) is 23.9 Å². The van der Waals surface area contributed by atoms with Gasteiger partial charge in [-0.3, -0.25) is 14.9 Å². The standard InChI is InChI=1S/C13H13F3N2O5/c1-23-10-4-2-3-9(11(10)18(21)22)17-5-7(12(19)20)8(6-17)13(14,15)16/h2-4,7-8H,5-6H2,1H3,(H,19,20)/t7-,8-/m1/s1. The van der Waals surface area contributed by atoms with Gasteiger partial charge < -0.3 is 14.7 Å². The SMILES string of the molecule is COc1cccc(N2C[C@@H](C(F)(F)F)[C@H](C(=O)O)C2)c1[N+](=O)[O-]. The van der Waals surface area contributed by atoms with Crippen LogP contribution >= 0.6 is 0 Å². The van der Waals surface area contributed by atoms with E-state index in [1.807, 2.05) is 0 Å². The first-order chi connectivity index (χ1) is 10.7. The molecular formula is C13H13F3N2O5. The summed E-state index contributed by atoms with van der Waals surface area (Å²) in [5, 5.41) is 20.2. The van der Waals surface area contributed by atoms with E-state index < -0.39 is 47.7 Å². The second kappa shape index (κ2) is 5.94. The summed E-state index contributed by atoms with van der Waals surface area (Å²) in [5.41, 5.74) is -0.575. The van der Waals surface area contributed by atoms with E-state index in [2.05, 4.69) is 0 Å². The summed E-state index contributed by atoms with van der Waals surface area (Å²) < 4.78 is 43.9. The van der Waals surface area contributed by atoms with Gasteiger partial charge in [-0.25, -0.2) is 0 Å². The molecule has 2 rings (SSSR count). The number of ether oxygens (including phenoxy) is 1. The summed E-state index contributed by atoms with van der Waals surface area (Å²) in [5.74, 6) is -5.46. The minimum absolute atomic E-state index is 0.0904. The van der Waals surface area contributed by atoms with Crippen LogP contribution in [-0.4, -0.2) is 42.4 Å². The van der Waals surface area contributed by atoms with Gasteiger partial charge in [-0.2, -0.15) is 13.2 Å². The van der Waals surface area contributed by atoms with Crippen molar-refractivity contribution in [2.45, 2.75) is 6.18 Å². The first-order valence-corrected chi connectivity index (χ1v) is 6.52. The number of carbonyl (C=O) groups is 1. The predicted octanol–water partition coefficient (Wildman–Crippen LogP) is 2.30. The number of nitro groups is 1. The highest BCUT2D eigenvalue weighted by Gasteiger charge is 2.53. The molecule has 2 atom stereocenters. The zero-order valence-corrected chi connectivity index (χ0v) is 11.9. The lowest BCUT2D eigenvalue weighted by atomic mass is 9.96. The molecule has 0 amide bonds. The molecule has 1 aromatic carbocycles. The molecular weight excluding hydrogens is 321 g/mol. The predicted molar refractivity (Wildman–Crippen MR) is 72.5 cm³/mol. The van der Waals surface area contributed by atoms with Gasteiger partial charge in [0, 0.05) is 13.1 Å². The van der Waals surface area contributed by atoms with Crippen LogP contribution in [0.3, 0.4) is 0 Å². The summed E-state index contributed by atoms with van der Waals surface area (Å²) in [4.78, 5) is 22.6. The van der Waals surface area contributed by atoms with Gasteiger partial charge in [0.25, 0.3) is 0 Å². The highest BCUT2D eigenvalue weighted by Crippen LogP contribution is 2.43. The number of hydrogen-bond acceptors (Lipinski definition) is 5. The molecule has 0 aliphatic carbocycles. The number of rotatable bonds is 4. The molecule has 0 unspecified atom stereocenters. The van der Waals surface area contributed by atoms with Gasteiger partial charge in [-0.1, -0.05) is 6.07 Å². The minimum Gasteiger partial charge on any atom is -0.490 e. The number of carboxylic acid groups (broad SMARTS) is 1. The Hall–Kier alpha value is -2.52. The Balaban J connectivity index is 2.44. The third-order valence-electron chi connectivity index (χ3n) is 3.78. The molecule has 1 N–H and O–H groups in total. The first kappa shape index (κ1) is 16.8. The van der Waals surface area contributed by atoms with E-state index in [0.29, 0.717) is 0 Å². The lowest BCUT2D eigenvalue weighted by Gasteiger charge is -2.20. The van der Waals surface area contributed by atoms with Gasteiger partial charge in [-0.15, -0.1) is 0 Å². The molecule has 126 valence electrons. The Labute approximate surface area is 128 Å². The second-order valence-electron chi connectivity index (χ2n) is 5.08. The molecule has 7 nitrogen and oxygen atoms in total. The average molecular weight is 334 g/mol. The normalized spacial score (nSPS) is 21.3. The third kappa shape index (κ3) is 3.15. The molecule has 0 aromatic heterocycles. The van der Waals surface area contributed by atoms with Gasteiger partial charge in [0.2, 0.25) is 0 Å². The number of nitro benzene ring substituents is 1. The van der Waals surface area contributed by atoms with Crippen molar-refractivity contribution in [3.63, 3.8) is 0 Å². The fourth-order valence-corrected chi connectivity index (χ4v) is 2.70. The molecule has 1 heterocycles. The van der Waals surface area contributed by atoms with Gasteiger partial charge in [-0.05, 0) is 12.1 Å². The molecule has 0 bridgehead atoms. The van der Waals surface area contributed by atoms with Crippen LogP contribution in [0.25, 0.3) is 0 Å². The molecule has 23 heavy (non-hydrogen) atoms. The van der Waals surface area contributed by atoms with Crippen LogP contribution in [0, 0.1) is 22.0 Å². The smallest absolute Gasteiger partial charge is 0.394 e. The summed E-state index contributed by atoms with van der Waals surface area (Å²) >= 11 is 0.